The molecule has 2 fully saturated rings. The molecule has 1 aromatic carbocycles. The number of cyclic esters (lactones) is 2. The molecule has 1 saturated carbocycles. The molecule has 9 heteroatoms. The van der Waals surface area contributed by atoms with Crippen LogP contribution in [-0.4, -0.2) is 42.4 Å². The van der Waals surface area contributed by atoms with Crippen LogP contribution in [-0.2, 0) is 19.1 Å². The second-order valence-corrected chi connectivity index (χ2v) is 7.15. The average Bonchev–Trinajstić information content (AvgIpc) is 2.59. The van der Waals surface area contributed by atoms with Crippen molar-refractivity contribution in [3.63, 3.8) is 0 Å². The average molecular weight is 401 g/mol. The molecule has 152 valence electrons. The smallest absolute Gasteiger partial charge is 0.350 e. The lowest BCUT2D eigenvalue weighted by molar-refractivity contribution is -0.222. The Labute approximate surface area is 158 Å². The van der Waals surface area contributed by atoms with E-state index in [2.05, 4.69) is 5.32 Å². The maximum Gasteiger partial charge on any atom is 0.350 e. The third-order valence-corrected chi connectivity index (χ3v) is 4.64. The summed E-state index contributed by atoms with van der Waals surface area (Å²) < 4.78 is 66.2. The lowest BCUT2D eigenvalue weighted by Gasteiger charge is -2.35. The molecular formula is C19H19F4NO4. The van der Waals surface area contributed by atoms with Crippen molar-refractivity contribution in [2.24, 2.45) is 0 Å². The van der Waals surface area contributed by atoms with Gasteiger partial charge in [0, 0.05) is 32.2 Å². The number of nitrogens with one attached hydrogen (secondary N) is 1. The summed E-state index contributed by atoms with van der Waals surface area (Å²) in [5.41, 5.74) is -0.377. The van der Waals surface area contributed by atoms with Gasteiger partial charge in [-0.15, -0.1) is 0 Å². The van der Waals surface area contributed by atoms with Crippen LogP contribution >= 0.6 is 0 Å². The summed E-state index contributed by atoms with van der Waals surface area (Å²) in [7, 11) is 0. The molecule has 5 nitrogen and oxygen atoms in total. The highest BCUT2D eigenvalue weighted by atomic mass is 19.2. The van der Waals surface area contributed by atoms with E-state index in [0.717, 1.165) is 6.20 Å². The minimum atomic E-state index is -2.23. The number of para-hydroxylation sites is 1. The van der Waals surface area contributed by atoms with E-state index in [-0.39, 0.29) is 11.3 Å². The Balaban J connectivity index is 1.89. The third kappa shape index (κ3) is 3.83. The quantitative estimate of drug-likeness (QED) is 0.363. The molecule has 1 saturated heterocycles. The van der Waals surface area contributed by atoms with Crippen molar-refractivity contribution >= 4 is 17.6 Å². The van der Waals surface area contributed by atoms with Gasteiger partial charge in [0.1, 0.15) is 24.7 Å². The summed E-state index contributed by atoms with van der Waals surface area (Å²) in [6.07, 6.45) is -8.60. The van der Waals surface area contributed by atoms with E-state index in [1.54, 1.807) is 0 Å². The Kier molecular flexibility index (Phi) is 5.36. The lowest BCUT2D eigenvalue weighted by Crippen LogP contribution is -2.44. The summed E-state index contributed by atoms with van der Waals surface area (Å²) in [6, 6.07) is 5.72. The van der Waals surface area contributed by atoms with Crippen LogP contribution in [0.3, 0.4) is 0 Å². The van der Waals surface area contributed by atoms with E-state index in [0.29, 0.717) is 0 Å². The zero-order valence-electron chi connectivity index (χ0n) is 15.1. The van der Waals surface area contributed by atoms with Crippen molar-refractivity contribution < 1.29 is 36.6 Å². The second kappa shape index (κ2) is 7.44. The van der Waals surface area contributed by atoms with Gasteiger partial charge in [0.25, 0.3) is 5.79 Å². The number of hydrogen-bond acceptors (Lipinski definition) is 5. The number of anilines is 1. The highest BCUT2D eigenvalue weighted by molar-refractivity contribution is 6.15. The minimum Gasteiger partial charge on any atom is -0.419 e. The first-order chi connectivity index (χ1) is 13.1. The minimum absolute atomic E-state index is 0.0118. The third-order valence-electron chi connectivity index (χ3n) is 4.64. The SMILES string of the molecule is CC1(C)OC(=O)C(=CNc2ccccc2C2C(F)C(F)CC(F)C2F)C(=O)O1. The van der Waals surface area contributed by atoms with Gasteiger partial charge in [0.05, 0.1) is 5.92 Å². The summed E-state index contributed by atoms with van der Waals surface area (Å²) >= 11 is 0. The van der Waals surface area contributed by atoms with Gasteiger partial charge in [0.15, 0.2) is 5.57 Å². The van der Waals surface area contributed by atoms with Crippen LogP contribution < -0.4 is 5.32 Å². The van der Waals surface area contributed by atoms with Crippen molar-refractivity contribution in [2.75, 3.05) is 5.32 Å². The molecule has 1 aliphatic heterocycles. The first-order valence-electron chi connectivity index (χ1n) is 8.69. The lowest BCUT2D eigenvalue weighted by atomic mass is 9.78. The molecule has 1 heterocycles. The number of esters is 2. The van der Waals surface area contributed by atoms with Gasteiger partial charge in [0.2, 0.25) is 0 Å². The molecule has 0 radical (unpaired) electrons. The maximum atomic E-state index is 14.4. The van der Waals surface area contributed by atoms with Gasteiger partial charge < -0.3 is 14.8 Å². The zero-order valence-corrected chi connectivity index (χ0v) is 15.1. The molecule has 1 aliphatic carbocycles. The van der Waals surface area contributed by atoms with Crippen LogP contribution in [0, 0.1) is 0 Å². The molecule has 4 unspecified atom stereocenters. The molecule has 3 rings (SSSR count). The zero-order chi connectivity index (χ0) is 20.6. The van der Waals surface area contributed by atoms with Crippen molar-refractivity contribution in [1.82, 2.24) is 0 Å². The van der Waals surface area contributed by atoms with Crippen LogP contribution in [0.5, 0.6) is 0 Å². The van der Waals surface area contributed by atoms with Crippen molar-refractivity contribution in [1.29, 1.82) is 0 Å². The van der Waals surface area contributed by atoms with E-state index in [1.165, 1.54) is 38.1 Å². The highest BCUT2D eigenvalue weighted by Crippen LogP contribution is 2.42. The highest BCUT2D eigenvalue weighted by Gasteiger charge is 2.48. The second-order valence-electron chi connectivity index (χ2n) is 7.15. The van der Waals surface area contributed by atoms with E-state index >= 15 is 0 Å². The van der Waals surface area contributed by atoms with Gasteiger partial charge in [-0.05, 0) is 11.6 Å². The van der Waals surface area contributed by atoms with Crippen molar-refractivity contribution in [3.05, 3.63) is 41.6 Å². The number of carbonyl (C=O) groups is 2. The first kappa shape index (κ1) is 20.2. The number of alkyl halides is 4. The first-order valence-corrected chi connectivity index (χ1v) is 8.69. The molecule has 2 aliphatic rings. The number of benzene rings is 1. The number of halogens is 4. The van der Waals surface area contributed by atoms with E-state index < -0.39 is 60.3 Å². The Hall–Kier alpha value is -2.58. The summed E-state index contributed by atoms with van der Waals surface area (Å²) in [5.74, 6) is -4.97. The fourth-order valence-electron chi connectivity index (χ4n) is 3.29. The molecule has 0 spiro atoms. The van der Waals surface area contributed by atoms with Crippen LogP contribution in [0.15, 0.2) is 36.0 Å². The maximum absolute atomic E-state index is 14.4. The van der Waals surface area contributed by atoms with Crippen molar-refractivity contribution in [3.8, 4) is 0 Å². The predicted molar refractivity (Wildman–Crippen MR) is 91.4 cm³/mol. The Morgan fingerprint density at radius 2 is 1.54 bits per heavy atom. The fourth-order valence-corrected chi connectivity index (χ4v) is 3.29. The molecular weight excluding hydrogens is 382 g/mol. The largest absolute Gasteiger partial charge is 0.419 e. The topological polar surface area (TPSA) is 64.6 Å². The van der Waals surface area contributed by atoms with Gasteiger partial charge >= 0.3 is 11.9 Å². The van der Waals surface area contributed by atoms with Gasteiger partial charge in [-0.3, -0.25) is 0 Å². The summed E-state index contributed by atoms with van der Waals surface area (Å²) in [5, 5.41) is 2.60. The predicted octanol–water partition coefficient (Wildman–Crippen LogP) is 3.66. The molecule has 1 N–H and O–H groups in total. The summed E-state index contributed by atoms with van der Waals surface area (Å²) in [4.78, 5) is 23.9. The molecule has 0 amide bonds. The van der Waals surface area contributed by atoms with Crippen LogP contribution in [0.4, 0.5) is 23.2 Å². The summed E-state index contributed by atoms with van der Waals surface area (Å²) in [6.45, 7) is 2.77. The fraction of sp³-hybridized carbons (Fsp3) is 0.474. The molecule has 4 atom stereocenters. The van der Waals surface area contributed by atoms with Crippen LogP contribution in [0.1, 0.15) is 31.7 Å². The van der Waals surface area contributed by atoms with Gasteiger partial charge in [-0.1, -0.05) is 18.2 Å². The van der Waals surface area contributed by atoms with Crippen molar-refractivity contribution in [2.45, 2.75) is 56.7 Å². The van der Waals surface area contributed by atoms with E-state index in [1.807, 2.05) is 0 Å². The van der Waals surface area contributed by atoms with E-state index in [4.69, 9.17) is 9.47 Å². The van der Waals surface area contributed by atoms with Gasteiger partial charge in [-0.2, -0.15) is 0 Å². The van der Waals surface area contributed by atoms with Crippen LogP contribution in [0.2, 0.25) is 0 Å². The molecule has 0 aromatic heterocycles. The number of hydrogen-bond donors (Lipinski definition) is 1. The number of rotatable bonds is 3. The number of ether oxygens (including phenoxy) is 2. The number of carbonyl (C=O) groups excluding carboxylic acids is 2. The Bertz CT molecular complexity index is 777. The van der Waals surface area contributed by atoms with E-state index in [9.17, 15) is 27.2 Å². The Morgan fingerprint density at radius 3 is 2.11 bits per heavy atom. The standard InChI is InChI=1S/C19H19F4NO4/c1-19(2)27-17(25)10(18(26)28-19)8-24-13-6-4-3-5-9(13)14-15(22)11(20)7-12(21)16(14)23/h3-6,8,11-12,14-16,24H,7H2,1-2H3. The molecule has 28 heavy (non-hydrogen) atoms. The molecule has 0 bridgehead atoms. The normalized spacial score (nSPS) is 32.4. The monoisotopic (exact) mass is 401 g/mol. The van der Waals surface area contributed by atoms with Gasteiger partial charge in [-0.25, -0.2) is 27.2 Å². The van der Waals surface area contributed by atoms with Crippen LogP contribution in [0.25, 0.3) is 0 Å². The Morgan fingerprint density at radius 1 is 1.00 bits per heavy atom. The molecule has 1 aromatic rings.